The van der Waals surface area contributed by atoms with Crippen molar-refractivity contribution in [1.82, 2.24) is 0 Å². The van der Waals surface area contributed by atoms with E-state index in [2.05, 4.69) is 27.7 Å². The largest absolute Gasteiger partial charge is 0.299 e. The minimum atomic E-state index is 0.199. The van der Waals surface area contributed by atoms with Gasteiger partial charge in [-0.25, -0.2) is 0 Å². The molecule has 0 spiro atoms. The van der Waals surface area contributed by atoms with Crippen LogP contribution in [0.1, 0.15) is 80.1 Å². The van der Waals surface area contributed by atoms with Crippen LogP contribution in [0.3, 0.4) is 0 Å². The van der Waals surface area contributed by atoms with Crippen LogP contribution < -0.4 is 0 Å². The van der Waals surface area contributed by atoms with Gasteiger partial charge in [0.25, 0.3) is 0 Å². The van der Waals surface area contributed by atoms with Crippen LogP contribution in [0.4, 0.5) is 0 Å². The van der Waals surface area contributed by atoms with Crippen molar-refractivity contribution >= 4 is 5.78 Å². The Morgan fingerprint density at radius 2 is 1.33 bits per heavy atom. The lowest BCUT2D eigenvalue weighted by molar-refractivity contribution is -0.126. The van der Waals surface area contributed by atoms with E-state index in [1.165, 1.54) is 25.7 Å². The van der Waals surface area contributed by atoms with E-state index in [0.29, 0.717) is 17.6 Å². The first kappa shape index (κ1) is 17.7. The van der Waals surface area contributed by atoms with Crippen molar-refractivity contribution in [2.75, 3.05) is 0 Å². The molecule has 0 saturated heterocycles. The number of carbonyl (C=O) groups excluding carboxylic acids is 1. The lowest BCUT2D eigenvalue weighted by Crippen LogP contribution is -2.21. The van der Waals surface area contributed by atoms with E-state index in [0.717, 1.165) is 18.8 Å². The van der Waals surface area contributed by atoms with Crippen molar-refractivity contribution in [2.45, 2.75) is 80.1 Å². The van der Waals surface area contributed by atoms with Gasteiger partial charge in [-0.1, -0.05) is 67.2 Å². The number of Topliss-reactive ketones (excluding diaryl/α,β-unsaturated/α-hetero) is 1. The number of carbonyl (C=O) groups is 1. The summed E-state index contributed by atoms with van der Waals surface area (Å²) in [7, 11) is 0. The fraction of sp³-hybridized carbons (Fsp3) is 0.941. The third kappa shape index (κ3) is 8.72. The molecule has 1 atom stereocenters. The maximum absolute atomic E-state index is 12.2. The Labute approximate surface area is 115 Å². The van der Waals surface area contributed by atoms with Gasteiger partial charge in [0.1, 0.15) is 5.78 Å². The molecule has 0 N–H and O–H groups in total. The Balaban J connectivity index is 3.98. The first-order valence-corrected chi connectivity index (χ1v) is 7.88. The van der Waals surface area contributed by atoms with Crippen LogP contribution in [0.25, 0.3) is 0 Å². The number of unbranched alkanes of at least 4 members (excludes halogenated alkanes) is 2. The molecule has 0 aliphatic heterocycles. The summed E-state index contributed by atoms with van der Waals surface area (Å²) in [6.07, 6.45) is 7.34. The van der Waals surface area contributed by atoms with Crippen LogP contribution in [0.15, 0.2) is 0 Å². The summed E-state index contributed by atoms with van der Waals surface area (Å²) in [6.45, 7) is 13.1. The van der Waals surface area contributed by atoms with Crippen molar-refractivity contribution in [1.29, 1.82) is 0 Å². The quantitative estimate of drug-likeness (QED) is 0.472. The third-order valence-electron chi connectivity index (χ3n) is 3.56. The van der Waals surface area contributed by atoms with Gasteiger partial charge in [0.15, 0.2) is 0 Å². The molecule has 0 saturated carbocycles. The van der Waals surface area contributed by atoms with Crippen LogP contribution in [0, 0.1) is 23.7 Å². The van der Waals surface area contributed by atoms with Gasteiger partial charge in [-0.15, -0.1) is 0 Å². The van der Waals surface area contributed by atoms with Crippen molar-refractivity contribution in [2.24, 2.45) is 23.7 Å². The first-order valence-electron chi connectivity index (χ1n) is 7.88. The summed E-state index contributed by atoms with van der Waals surface area (Å²) in [5.41, 5.74) is 0. The van der Waals surface area contributed by atoms with Crippen molar-refractivity contribution in [3.05, 3.63) is 0 Å². The average Bonchev–Trinajstić information content (AvgIpc) is 2.24. The predicted octanol–water partition coefficient (Wildman–Crippen LogP) is 5.48. The molecule has 0 fully saturated rings. The Kier molecular flexibility index (Phi) is 9.40. The molecule has 0 aromatic rings. The highest BCUT2D eigenvalue weighted by Crippen LogP contribution is 2.23. The normalized spacial score (nSPS) is 13.6. The third-order valence-corrected chi connectivity index (χ3v) is 3.56. The lowest BCUT2D eigenvalue weighted by Gasteiger charge is -2.20. The van der Waals surface area contributed by atoms with E-state index in [9.17, 15) is 4.79 Å². The molecule has 0 aromatic carbocycles. The predicted molar refractivity (Wildman–Crippen MR) is 80.7 cm³/mol. The molecule has 18 heavy (non-hydrogen) atoms. The van der Waals surface area contributed by atoms with Gasteiger partial charge in [-0.3, -0.25) is 4.79 Å². The van der Waals surface area contributed by atoms with E-state index in [1.807, 2.05) is 13.8 Å². The van der Waals surface area contributed by atoms with E-state index >= 15 is 0 Å². The summed E-state index contributed by atoms with van der Waals surface area (Å²) in [5, 5.41) is 0. The fourth-order valence-corrected chi connectivity index (χ4v) is 2.54. The van der Waals surface area contributed by atoms with Crippen LogP contribution in [0.5, 0.6) is 0 Å². The molecule has 0 aromatic heterocycles. The summed E-state index contributed by atoms with van der Waals surface area (Å²) in [4.78, 5) is 12.2. The molecule has 1 unspecified atom stereocenters. The van der Waals surface area contributed by atoms with Crippen molar-refractivity contribution < 1.29 is 4.79 Å². The molecular formula is C17H34O. The first-order chi connectivity index (χ1) is 8.34. The van der Waals surface area contributed by atoms with Crippen molar-refractivity contribution in [3.63, 3.8) is 0 Å². The molecule has 0 bridgehead atoms. The van der Waals surface area contributed by atoms with E-state index in [1.54, 1.807) is 0 Å². The molecule has 1 heteroatoms. The van der Waals surface area contributed by atoms with Crippen LogP contribution in [-0.4, -0.2) is 5.78 Å². The molecular weight excluding hydrogens is 220 g/mol. The number of hydrogen-bond acceptors (Lipinski definition) is 1. The molecule has 0 aliphatic rings. The van der Waals surface area contributed by atoms with Gasteiger partial charge in [0.05, 0.1) is 0 Å². The molecule has 108 valence electrons. The number of ketones is 1. The fourth-order valence-electron chi connectivity index (χ4n) is 2.54. The van der Waals surface area contributed by atoms with E-state index in [4.69, 9.17) is 0 Å². The van der Waals surface area contributed by atoms with Crippen molar-refractivity contribution in [3.8, 4) is 0 Å². The standard InChI is InChI=1S/C17H34O/c1-13(2)10-8-7-9-11-16(12-14(3)4)17(18)15(5)6/h13-16H,7-12H2,1-6H3. The van der Waals surface area contributed by atoms with Gasteiger partial charge in [0.2, 0.25) is 0 Å². The molecule has 0 aliphatic carbocycles. The van der Waals surface area contributed by atoms with Crippen LogP contribution in [0.2, 0.25) is 0 Å². The second kappa shape index (κ2) is 9.58. The van der Waals surface area contributed by atoms with E-state index in [-0.39, 0.29) is 5.92 Å². The number of hydrogen-bond donors (Lipinski definition) is 0. The second-order valence-corrected chi connectivity index (χ2v) is 6.92. The highest BCUT2D eigenvalue weighted by molar-refractivity contribution is 5.82. The zero-order valence-corrected chi connectivity index (χ0v) is 13.5. The van der Waals surface area contributed by atoms with Gasteiger partial charge < -0.3 is 0 Å². The average molecular weight is 254 g/mol. The lowest BCUT2D eigenvalue weighted by atomic mass is 9.84. The molecule has 0 heterocycles. The minimum absolute atomic E-state index is 0.199. The highest BCUT2D eigenvalue weighted by atomic mass is 16.1. The maximum atomic E-state index is 12.2. The smallest absolute Gasteiger partial charge is 0.138 e. The Morgan fingerprint density at radius 1 is 0.778 bits per heavy atom. The highest BCUT2D eigenvalue weighted by Gasteiger charge is 2.21. The summed E-state index contributed by atoms with van der Waals surface area (Å²) < 4.78 is 0. The summed E-state index contributed by atoms with van der Waals surface area (Å²) >= 11 is 0. The molecule has 0 rings (SSSR count). The van der Waals surface area contributed by atoms with Gasteiger partial charge >= 0.3 is 0 Å². The monoisotopic (exact) mass is 254 g/mol. The summed E-state index contributed by atoms with van der Waals surface area (Å²) in [5.74, 6) is 2.43. The maximum Gasteiger partial charge on any atom is 0.138 e. The van der Waals surface area contributed by atoms with Crippen LogP contribution >= 0.6 is 0 Å². The SMILES string of the molecule is CC(C)CCCCCC(CC(C)C)C(=O)C(C)C. The molecule has 0 radical (unpaired) electrons. The number of rotatable bonds is 10. The Bertz CT molecular complexity index is 216. The van der Waals surface area contributed by atoms with E-state index < -0.39 is 0 Å². The molecule has 0 amide bonds. The summed E-state index contributed by atoms with van der Waals surface area (Å²) in [6, 6.07) is 0. The topological polar surface area (TPSA) is 17.1 Å². The van der Waals surface area contributed by atoms with Gasteiger partial charge in [0, 0.05) is 11.8 Å². The molecule has 1 nitrogen and oxygen atoms in total. The zero-order valence-electron chi connectivity index (χ0n) is 13.5. The zero-order chi connectivity index (χ0) is 14.1. The van der Waals surface area contributed by atoms with Crippen LogP contribution in [-0.2, 0) is 4.79 Å². The minimum Gasteiger partial charge on any atom is -0.299 e. The van der Waals surface area contributed by atoms with Gasteiger partial charge in [-0.05, 0) is 24.7 Å². The Morgan fingerprint density at radius 3 is 1.78 bits per heavy atom. The van der Waals surface area contributed by atoms with Gasteiger partial charge in [-0.2, -0.15) is 0 Å². The Hall–Kier alpha value is -0.330. The second-order valence-electron chi connectivity index (χ2n) is 6.92.